The Morgan fingerprint density at radius 1 is 0.432 bits per heavy atom. The molecule has 8 aromatic carbocycles. The molecule has 4 aliphatic rings. The van der Waals surface area contributed by atoms with Crippen LogP contribution in [-0.2, 0) is 42.8 Å². The molecule has 1 aliphatic heterocycles. The van der Waals surface area contributed by atoms with E-state index in [2.05, 4.69) is 268 Å². The standard InChI is InChI=1S/C70H60N3.Pt/c1-43-19-11-29-54-61(43)62-44(2)20-12-30-55(62)68(54,51-26-18-28-53(40-51)70(73-38-37-72(10)42-73)58-33-15-23-47(5)65(58)66-48(6)24-16-34-59(66)70)50-25-17-27-52(39-50)69(60-41-49(35-36-71-60)67(7,8)9)56-31-13-21-45(3)63(56)64-46(4)22-14-32-57(64)69;/h11-38,41-42H,1-10H3;/q-3;. The second-order valence-corrected chi connectivity index (χ2v) is 22.3. The molecule has 9 aromatic rings. The Labute approximate surface area is 453 Å². The first-order valence-electron chi connectivity index (χ1n) is 25.9. The summed E-state index contributed by atoms with van der Waals surface area (Å²) in [5.41, 5.74) is 27.0. The average Bonchev–Trinajstić information content (AvgIpc) is 4.13. The molecule has 4 heteroatoms. The fourth-order valence-electron chi connectivity index (χ4n) is 14.0. The van der Waals surface area contributed by atoms with E-state index in [1.54, 1.807) is 0 Å². The van der Waals surface area contributed by atoms with Crippen LogP contribution < -0.4 is 0 Å². The van der Waals surface area contributed by atoms with E-state index in [4.69, 9.17) is 4.98 Å². The van der Waals surface area contributed by atoms with Crippen LogP contribution in [0, 0.1) is 60.3 Å². The number of nitrogens with zero attached hydrogens (tertiary/aromatic N) is 3. The fourth-order valence-corrected chi connectivity index (χ4v) is 14.0. The molecule has 3 nitrogen and oxygen atoms in total. The molecular formula is C70H60N3Pt-3. The zero-order valence-corrected chi connectivity index (χ0v) is 46.3. The van der Waals surface area contributed by atoms with Gasteiger partial charge < -0.3 is 9.80 Å². The van der Waals surface area contributed by atoms with Crippen LogP contribution in [0.2, 0.25) is 0 Å². The zero-order valence-electron chi connectivity index (χ0n) is 44.0. The third-order valence-corrected chi connectivity index (χ3v) is 17.1. The predicted molar refractivity (Wildman–Crippen MR) is 298 cm³/mol. The van der Waals surface area contributed by atoms with Crippen LogP contribution >= 0.6 is 0 Å². The number of hydrogen-bond donors (Lipinski definition) is 0. The second kappa shape index (κ2) is 17.0. The van der Waals surface area contributed by atoms with E-state index in [1.165, 1.54) is 106 Å². The summed E-state index contributed by atoms with van der Waals surface area (Å²) in [7, 11) is 2.12. The minimum atomic E-state index is -0.827. The van der Waals surface area contributed by atoms with Gasteiger partial charge in [-0.2, -0.15) is 55.2 Å². The van der Waals surface area contributed by atoms with Crippen LogP contribution in [0.1, 0.15) is 121 Å². The van der Waals surface area contributed by atoms with Crippen molar-refractivity contribution in [3.05, 3.63) is 295 Å². The minimum Gasteiger partial charge on any atom is -0.511 e. The van der Waals surface area contributed by atoms with Crippen molar-refractivity contribution in [1.82, 2.24) is 14.8 Å². The van der Waals surface area contributed by atoms with Crippen molar-refractivity contribution in [2.45, 2.75) is 84.1 Å². The number of hydrogen-bond acceptors (Lipinski definition) is 3. The van der Waals surface area contributed by atoms with Crippen molar-refractivity contribution in [3.63, 3.8) is 0 Å². The van der Waals surface area contributed by atoms with Crippen LogP contribution in [0.15, 0.2) is 176 Å². The largest absolute Gasteiger partial charge is 0.511 e. The number of fused-ring (bicyclic) bond motifs is 9. The van der Waals surface area contributed by atoms with Gasteiger partial charge in [-0.1, -0.05) is 130 Å². The summed E-state index contributed by atoms with van der Waals surface area (Å²) in [6, 6.07) is 68.6. The number of aromatic nitrogens is 1. The topological polar surface area (TPSA) is 19.4 Å². The molecule has 2 heterocycles. The van der Waals surface area contributed by atoms with E-state index in [9.17, 15) is 0 Å². The monoisotopic (exact) mass is 1140 g/mol. The van der Waals surface area contributed by atoms with Crippen molar-refractivity contribution < 1.29 is 21.1 Å². The van der Waals surface area contributed by atoms with E-state index >= 15 is 0 Å². The van der Waals surface area contributed by atoms with Crippen LogP contribution in [-0.4, -0.2) is 21.8 Å². The van der Waals surface area contributed by atoms with Crippen LogP contribution in [0.25, 0.3) is 33.4 Å². The molecule has 3 aliphatic carbocycles. The maximum absolute atomic E-state index is 5.45. The SMILES string of the molecule is Cc1cccc2c1-c1c(C)cccc1C2(c1[c-]c(C2(c3cc(C(C)(C)C)ccn3)c3cccc(C)c3-c3c(C)cccc32)ccc1)c1[c-]c(C2(N3C=CN(C)[CH-]3)c3cccc(C)c3-c3c(C)cccc32)ccc1.[Pt]. The van der Waals surface area contributed by atoms with E-state index in [1.807, 2.05) is 6.20 Å². The molecule has 368 valence electrons. The summed E-state index contributed by atoms with van der Waals surface area (Å²) in [4.78, 5) is 10.0. The van der Waals surface area contributed by atoms with Gasteiger partial charge in [0.25, 0.3) is 0 Å². The Hall–Kier alpha value is -7.06. The molecule has 0 atom stereocenters. The first-order valence-corrected chi connectivity index (χ1v) is 25.9. The van der Waals surface area contributed by atoms with E-state index in [-0.39, 0.29) is 26.5 Å². The van der Waals surface area contributed by atoms with Gasteiger partial charge >= 0.3 is 0 Å². The minimum absolute atomic E-state index is 0. The molecule has 13 rings (SSSR count). The van der Waals surface area contributed by atoms with Gasteiger partial charge in [-0.3, -0.25) is 4.98 Å². The summed E-state index contributed by atoms with van der Waals surface area (Å²) in [6.45, 7) is 22.8. The maximum atomic E-state index is 5.45. The van der Waals surface area contributed by atoms with Gasteiger partial charge in [0.2, 0.25) is 0 Å². The first-order chi connectivity index (χ1) is 35.2. The molecule has 0 saturated carbocycles. The number of rotatable bonds is 6. The van der Waals surface area contributed by atoms with Gasteiger partial charge in [-0.15, -0.1) is 22.3 Å². The van der Waals surface area contributed by atoms with Gasteiger partial charge in [-0.05, 0) is 184 Å². The summed E-state index contributed by atoms with van der Waals surface area (Å²) in [6.07, 6.45) is 6.44. The maximum Gasteiger partial charge on any atom is 0.0686 e. The van der Waals surface area contributed by atoms with Gasteiger partial charge in [-0.25, -0.2) is 0 Å². The fraction of sp³-hybridized carbons (Fsp3) is 0.200. The first kappa shape index (κ1) is 47.9. The Morgan fingerprint density at radius 3 is 1.19 bits per heavy atom. The summed E-state index contributed by atoms with van der Waals surface area (Å²) >= 11 is 0. The Bertz CT molecular complexity index is 3670. The third-order valence-electron chi connectivity index (χ3n) is 17.1. The normalized spacial score (nSPS) is 15.8. The van der Waals surface area contributed by atoms with Crippen molar-refractivity contribution in [2.24, 2.45) is 0 Å². The molecule has 0 amide bonds. The summed E-state index contributed by atoms with van der Waals surface area (Å²) < 4.78 is 0. The molecule has 1 aromatic heterocycles. The van der Waals surface area contributed by atoms with E-state index < -0.39 is 16.4 Å². The predicted octanol–water partition coefficient (Wildman–Crippen LogP) is 15.7. The zero-order chi connectivity index (χ0) is 50.3. The van der Waals surface area contributed by atoms with Gasteiger partial charge in [0.15, 0.2) is 0 Å². The molecule has 0 bridgehead atoms. The van der Waals surface area contributed by atoms with Gasteiger partial charge in [0.1, 0.15) is 0 Å². The van der Waals surface area contributed by atoms with Gasteiger partial charge in [0, 0.05) is 32.7 Å². The van der Waals surface area contributed by atoms with Crippen LogP contribution in [0.5, 0.6) is 0 Å². The smallest absolute Gasteiger partial charge is 0.0686 e. The number of aryl methyl sites for hydroxylation is 6. The number of pyridine rings is 1. The van der Waals surface area contributed by atoms with Crippen molar-refractivity contribution in [2.75, 3.05) is 7.05 Å². The van der Waals surface area contributed by atoms with E-state index in [0.717, 1.165) is 27.9 Å². The van der Waals surface area contributed by atoms with E-state index in [0.29, 0.717) is 0 Å². The molecule has 0 fully saturated rings. The van der Waals surface area contributed by atoms with Crippen molar-refractivity contribution in [3.8, 4) is 33.4 Å². The molecule has 0 radical (unpaired) electrons. The Balaban J connectivity index is 0.00000556. The number of benzene rings is 8. The Kier molecular flexibility index (Phi) is 11.0. The summed E-state index contributed by atoms with van der Waals surface area (Å²) in [5, 5.41) is 0. The van der Waals surface area contributed by atoms with Gasteiger partial charge in [0.05, 0.1) is 16.6 Å². The second-order valence-electron chi connectivity index (χ2n) is 22.3. The van der Waals surface area contributed by atoms with Crippen LogP contribution in [0.3, 0.4) is 0 Å². The quantitative estimate of drug-likeness (QED) is 0.155. The summed E-state index contributed by atoms with van der Waals surface area (Å²) in [5.74, 6) is 0. The molecule has 0 saturated heterocycles. The van der Waals surface area contributed by atoms with Crippen molar-refractivity contribution in [1.29, 1.82) is 0 Å². The molecule has 0 N–H and O–H groups in total. The van der Waals surface area contributed by atoms with Crippen LogP contribution in [0.4, 0.5) is 0 Å². The van der Waals surface area contributed by atoms with Crippen molar-refractivity contribution >= 4 is 0 Å². The Morgan fingerprint density at radius 2 is 0.784 bits per heavy atom. The average molecular weight is 1140 g/mol. The third kappa shape index (κ3) is 6.26. The molecule has 74 heavy (non-hydrogen) atoms. The molecular weight excluding hydrogens is 1080 g/mol. The molecule has 0 unspecified atom stereocenters. The molecule has 0 spiro atoms.